The number of aryl methyl sites for hydroxylation is 3. The number of rotatable bonds is 1. The molecule has 1 aromatic heterocycles. The predicted octanol–water partition coefficient (Wildman–Crippen LogP) is 3.08. The minimum Gasteiger partial charge on any atom is -0.235 e. The van der Waals surface area contributed by atoms with Gasteiger partial charge in [0.05, 0.1) is 5.69 Å². The first-order valence-electron chi connectivity index (χ1n) is 4.98. The van der Waals surface area contributed by atoms with Crippen LogP contribution in [0.4, 0.5) is 8.78 Å². The molecule has 0 aliphatic heterocycles. The summed E-state index contributed by atoms with van der Waals surface area (Å²) in [5, 5.41) is 4.12. The molecular weight excluding hydrogens is 210 g/mol. The maximum Gasteiger partial charge on any atom is 0.149 e. The fourth-order valence-corrected chi connectivity index (χ4v) is 1.67. The van der Waals surface area contributed by atoms with Crippen LogP contribution in [-0.2, 0) is 0 Å². The molecule has 0 atom stereocenters. The number of benzene rings is 1. The zero-order valence-corrected chi connectivity index (χ0v) is 9.38. The van der Waals surface area contributed by atoms with E-state index in [2.05, 4.69) is 5.10 Å². The maximum absolute atomic E-state index is 13.7. The first-order valence-corrected chi connectivity index (χ1v) is 4.98. The molecule has 0 saturated carbocycles. The Bertz CT molecular complexity index is 544. The van der Waals surface area contributed by atoms with E-state index >= 15 is 0 Å². The Morgan fingerprint density at radius 2 is 1.69 bits per heavy atom. The summed E-state index contributed by atoms with van der Waals surface area (Å²) >= 11 is 0. The minimum atomic E-state index is -0.468. The van der Waals surface area contributed by atoms with Gasteiger partial charge in [-0.3, -0.25) is 0 Å². The van der Waals surface area contributed by atoms with Crippen LogP contribution >= 0.6 is 0 Å². The number of nitrogens with zero attached hydrogens (tertiary/aromatic N) is 2. The lowest BCUT2D eigenvalue weighted by atomic mass is 10.2. The van der Waals surface area contributed by atoms with E-state index in [0.29, 0.717) is 5.56 Å². The fraction of sp³-hybridized carbons (Fsp3) is 0.250. The van der Waals surface area contributed by atoms with Crippen molar-refractivity contribution in [1.82, 2.24) is 9.78 Å². The number of hydrogen-bond acceptors (Lipinski definition) is 1. The Morgan fingerprint density at radius 3 is 2.25 bits per heavy atom. The Labute approximate surface area is 92.5 Å². The normalized spacial score (nSPS) is 10.8. The van der Waals surface area contributed by atoms with E-state index in [-0.39, 0.29) is 5.69 Å². The van der Waals surface area contributed by atoms with Gasteiger partial charge in [0.1, 0.15) is 17.3 Å². The summed E-state index contributed by atoms with van der Waals surface area (Å²) in [5.41, 5.74) is 1.99. The quantitative estimate of drug-likeness (QED) is 0.725. The molecule has 16 heavy (non-hydrogen) atoms. The molecule has 0 saturated heterocycles. The van der Waals surface area contributed by atoms with Gasteiger partial charge in [-0.1, -0.05) is 0 Å². The molecule has 0 fully saturated rings. The van der Waals surface area contributed by atoms with Crippen LogP contribution in [0.3, 0.4) is 0 Å². The van der Waals surface area contributed by atoms with E-state index in [1.165, 1.54) is 23.7 Å². The van der Waals surface area contributed by atoms with E-state index in [1.807, 2.05) is 13.0 Å². The smallest absolute Gasteiger partial charge is 0.149 e. The van der Waals surface area contributed by atoms with E-state index in [0.717, 1.165) is 11.4 Å². The summed E-state index contributed by atoms with van der Waals surface area (Å²) in [6.45, 7) is 5.15. The number of aromatic nitrogens is 2. The van der Waals surface area contributed by atoms with Gasteiger partial charge >= 0.3 is 0 Å². The summed E-state index contributed by atoms with van der Waals surface area (Å²) in [5.74, 6) is -0.894. The standard InChI is InChI=1S/C12H12F2N2/c1-7-4-11(14)12(6-10(7)13)16-9(3)5-8(2)15-16/h4-6H,1-3H3. The summed E-state index contributed by atoms with van der Waals surface area (Å²) < 4.78 is 28.5. The van der Waals surface area contributed by atoms with E-state index in [4.69, 9.17) is 0 Å². The Kier molecular flexibility index (Phi) is 2.50. The molecule has 2 aromatic rings. The van der Waals surface area contributed by atoms with Crippen LogP contribution in [0.5, 0.6) is 0 Å². The Balaban J connectivity index is 2.64. The summed E-state index contributed by atoms with van der Waals surface area (Å²) in [6, 6.07) is 4.17. The highest BCUT2D eigenvalue weighted by Crippen LogP contribution is 2.19. The van der Waals surface area contributed by atoms with Crippen molar-refractivity contribution in [1.29, 1.82) is 0 Å². The molecular formula is C12H12F2N2. The van der Waals surface area contributed by atoms with Gasteiger partial charge in [0.2, 0.25) is 0 Å². The molecule has 84 valence electrons. The molecule has 0 aliphatic carbocycles. The minimum absolute atomic E-state index is 0.147. The molecule has 1 aromatic carbocycles. The van der Waals surface area contributed by atoms with Crippen molar-refractivity contribution < 1.29 is 8.78 Å². The first-order chi connectivity index (χ1) is 7.49. The van der Waals surface area contributed by atoms with Gasteiger partial charge in [-0.2, -0.15) is 5.10 Å². The number of hydrogen-bond donors (Lipinski definition) is 0. The lowest BCUT2D eigenvalue weighted by Gasteiger charge is -2.07. The van der Waals surface area contributed by atoms with Crippen molar-refractivity contribution in [3.05, 3.63) is 46.8 Å². The SMILES string of the molecule is Cc1cc(C)n(-c2cc(F)c(C)cc2F)n1. The molecule has 2 rings (SSSR count). The van der Waals surface area contributed by atoms with Crippen LogP contribution < -0.4 is 0 Å². The summed E-state index contributed by atoms with van der Waals surface area (Å²) in [4.78, 5) is 0. The van der Waals surface area contributed by atoms with E-state index < -0.39 is 11.6 Å². The van der Waals surface area contributed by atoms with Gasteiger partial charge in [-0.05, 0) is 38.5 Å². The Morgan fingerprint density at radius 1 is 1.00 bits per heavy atom. The lowest BCUT2D eigenvalue weighted by molar-refractivity contribution is 0.578. The zero-order chi connectivity index (χ0) is 11.9. The average Bonchev–Trinajstić information content (AvgIpc) is 2.51. The predicted molar refractivity (Wildman–Crippen MR) is 57.7 cm³/mol. The van der Waals surface area contributed by atoms with E-state index in [9.17, 15) is 8.78 Å². The second kappa shape index (κ2) is 3.70. The fourth-order valence-electron chi connectivity index (χ4n) is 1.67. The Hall–Kier alpha value is -1.71. The van der Waals surface area contributed by atoms with Crippen LogP contribution in [0.2, 0.25) is 0 Å². The third kappa shape index (κ3) is 1.71. The van der Waals surface area contributed by atoms with Gasteiger partial charge in [0.25, 0.3) is 0 Å². The van der Waals surface area contributed by atoms with Crippen molar-refractivity contribution >= 4 is 0 Å². The van der Waals surface area contributed by atoms with Crippen LogP contribution in [0.25, 0.3) is 5.69 Å². The van der Waals surface area contributed by atoms with Crippen molar-refractivity contribution in [3.63, 3.8) is 0 Å². The van der Waals surface area contributed by atoms with Gasteiger partial charge in [-0.25, -0.2) is 13.5 Å². The van der Waals surface area contributed by atoms with Crippen LogP contribution in [0, 0.1) is 32.4 Å². The molecule has 0 unspecified atom stereocenters. The largest absolute Gasteiger partial charge is 0.235 e. The van der Waals surface area contributed by atoms with Crippen molar-refractivity contribution in [3.8, 4) is 5.69 Å². The zero-order valence-electron chi connectivity index (χ0n) is 9.38. The van der Waals surface area contributed by atoms with Crippen LogP contribution in [-0.4, -0.2) is 9.78 Å². The van der Waals surface area contributed by atoms with Crippen molar-refractivity contribution in [2.75, 3.05) is 0 Å². The highest BCUT2D eigenvalue weighted by molar-refractivity contribution is 5.38. The van der Waals surface area contributed by atoms with Crippen LogP contribution in [0.15, 0.2) is 18.2 Å². The third-order valence-electron chi connectivity index (χ3n) is 2.47. The second-order valence-corrected chi connectivity index (χ2v) is 3.89. The van der Waals surface area contributed by atoms with E-state index in [1.54, 1.807) is 6.92 Å². The summed E-state index contributed by atoms with van der Waals surface area (Å²) in [6.07, 6.45) is 0. The molecule has 0 N–H and O–H groups in total. The number of halogens is 2. The molecule has 0 aliphatic rings. The van der Waals surface area contributed by atoms with Gasteiger partial charge in [0, 0.05) is 11.8 Å². The van der Waals surface area contributed by atoms with Crippen LogP contribution in [0.1, 0.15) is 17.0 Å². The molecule has 2 nitrogen and oxygen atoms in total. The average molecular weight is 222 g/mol. The lowest BCUT2D eigenvalue weighted by Crippen LogP contribution is -2.03. The second-order valence-electron chi connectivity index (χ2n) is 3.89. The van der Waals surface area contributed by atoms with Gasteiger partial charge in [0.15, 0.2) is 0 Å². The molecule has 0 radical (unpaired) electrons. The summed E-state index contributed by atoms with van der Waals surface area (Å²) in [7, 11) is 0. The highest BCUT2D eigenvalue weighted by atomic mass is 19.1. The molecule has 0 amide bonds. The first kappa shape index (κ1) is 10.8. The van der Waals surface area contributed by atoms with Gasteiger partial charge in [-0.15, -0.1) is 0 Å². The van der Waals surface area contributed by atoms with Gasteiger partial charge < -0.3 is 0 Å². The van der Waals surface area contributed by atoms with Crippen molar-refractivity contribution in [2.45, 2.75) is 20.8 Å². The molecule has 1 heterocycles. The molecule has 4 heteroatoms. The highest BCUT2D eigenvalue weighted by Gasteiger charge is 2.11. The van der Waals surface area contributed by atoms with Crippen molar-refractivity contribution in [2.24, 2.45) is 0 Å². The maximum atomic E-state index is 13.7. The monoisotopic (exact) mass is 222 g/mol. The topological polar surface area (TPSA) is 17.8 Å². The third-order valence-corrected chi connectivity index (χ3v) is 2.47. The molecule has 0 spiro atoms. The molecule has 0 bridgehead atoms.